The van der Waals surface area contributed by atoms with Crippen molar-refractivity contribution < 1.29 is 9.53 Å². The van der Waals surface area contributed by atoms with Gasteiger partial charge in [0.1, 0.15) is 0 Å². The van der Waals surface area contributed by atoms with Crippen LogP contribution in [0.2, 0.25) is 0 Å². The summed E-state index contributed by atoms with van der Waals surface area (Å²) in [6, 6.07) is 12.0. The van der Waals surface area contributed by atoms with Crippen LogP contribution in [-0.4, -0.2) is 60.1 Å². The molecule has 28 heavy (non-hydrogen) atoms. The molecule has 0 atom stereocenters. The minimum atomic E-state index is 0.142. The molecule has 148 valence electrons. The SMILES string of the molecule is Cc1ccc(C(=O)N2CCC3(CC2)COCCN(Cc2cccnc2)C3)cc1. The first-order chi connectivity index (χ1) is 13.6. The van der Waals surface area contributed by atoms with Gasteiger partial charge in [-0.05, 0) is 43.5 Å². The Labute approximate surface area is 167 Å². The fourth-order valence-electron chi connectivity index (χ4n) is 4.33. The van der Waals surface area contributed by atoms with Gasteiger partial charge in [-0.2, -0.15) is 0 Å². The number of carbonyl (C=O) groups is 1. The highest BCUT2D eigenvalue weighted by Crippen LogP contribution is 2.35. The molecular formula is C23H29N3O2. The summed E-state index contributed by atoms with van der Waals surface area (Å²) >= 11 is 0. The lowest BCUT2D eigenvalue weighted by atomic mass is 9.78. The third-order valence-corrected chi connectivity index (χ3v) is 6.06. The first kappa shape index (κ1) is 19.1. The number of aryl methyl sites for hydroxylation is 1. The Morgan fingerprint density at radius 2 is 1.93 bits per heavy atom. The summed E-state index contributed by atoms with van der Waals surface area (Å²) in [7, 11) is 0. The first-order valence-electron chi connectivity index (χ1n) is 10.2. The van der Waals surface area contributed by atoms with E-state index in [0.29, 0.717) is 0 Å². The molecular weight excluding hydrogens is 350 g/mol. The van der Waals surface area contributed by atoms with E-state index in [2.05, 4.69) is 16.0 Å². The molecule has 1 amide bonds. The number of carbonyl (C=O) groups excluding carboxylic acids is 1. The van der Waals surface area contributed by atoms with Crippen LogP contribution in [0.5, 0.6) is 0 Å². The summed E-state index contributed by atoms with van der Waals surface area (Å²) in [5.74, 6) is 0.150. The van der Waals surface area contributed by atoms with Crippen LogP contribution < -0.4 is 0 Å². The van der Waals surface area contributed by atoms with E-state index in [1.165, 1.54) is 11.1 Å². The van der Waals surface area contributed by atoms with E-state index in [1.807, 2.05) is 54.5 Å². The fraction of sp³-hybridized carbons (Fsp3) is 0.478. The lowest BCUT2D eigenvalue weighted by Crippen LogP contribution is -2.48. The normalized spacial score (nSPS) is 20.1. The lowest BCUT2D eigenvalue weighted by Gasteiger charge is -2.42. The molecule has 3 heterocycles. The Bertz CT molecular complexity index is 783. The van der Waals surface area contributed by atoms with Crippen molar-refractivity contribution in [3.8, 4) is 0 Å². The summed E-state index contributed by atoms with van der Waals surface area (Å²) < 4.78 is 5.99. The highest BCUT2D eigenvalue weighted by Gasteiger charge is 2.39. The van der Waals surface area contributed by atoms with Crippen molar-refractivity contribution >= 4 is 5.91 Å². The molecule has 0 saturated carbocycles. The number of nitrogens with zero attached hydrogens (tertiary/aromatic N) is 3. The van der Waals surface area contributed by atoms with E-state index in [-0.39, 0.29) is 11.3 Å². The van der Waals surface area contributed by atoms with Gasteiger partial charge in [0, 0.05) is 56.1 Å². The van der Waals surface area contributed by atoms with Crippen molar-refractivity contribution in [1.82, 2.24) is 14.8 Å². The van der Waals surface area contributed by atoms with Gasteiger partial charge in [-0.1, -0.05) is 23.8 Å². The van der Waals surface area contributed by atoms with Crippen LogP contribution in [0.25, 0.3) is 0 Å². The molecule has 2 aromatic rings. The number of likely N-dealkylation sites (tertiary alicyclic amines) is 1. The van der Waals surface area contributed by atoms with E-state index in [4.69, 9.17) is 4.74 Å². The Balaban J connectivity index is 1.39. The van der Waals surface area contributed by atoms with Crippen molar-refractivity contribution in [1.29, 1.82) is 0 Å². The maximum Gasteiger partial charge on any atom is 0.253 e. The molecule has 0 unspecified atom stereocenters. The van der Waals surface area contributed by atoms with Crippen LogP contribution in [-0.2, 0) is 11.3 Å². The molecule has 2 aliphatic rings. The number of hydrogen-bond acceptors (Lipinski definition) is 4. The maximum atomic E-state index is 12.8. The minimum absolute atomic E-state index is 0.142. The third kappa shape index (κ3) is 4.42. The number of pyridine rings is 1. The highest BCUT2D eigenvalue weighted by atomic mass is 16.5. The molecule has 2 saturated heterocycles. The van der Waals surface area contributed by atoms with Crippen molar-refractivity contribution in [3.05, 3.63) is 65.5 Å². The minimum Gasteiger partial charge on any atom is -0.379 e. The molecule has 1 aromatic heterocycles. The second-order valence-corrected chi connectivity index (χ2v) is 8.28. The van der Waals surface area contributed by atoms with E-state index in [9.17, 15) is 4.79 Å². The van der Waals surface area contributed by atoms with Crippen molar-refractivity contribution in [2.24, 2.45) is 5.41 Å². The molecule has 2 aliphatic heterocycles. The van der Waals surface area contributed by atoms with Crippen molar-refractivity contribution in [2.75, 3.05) is 39.4 Å². The molecule has 4 rings (SSSR count). The van der Waals surface area contributed by atoms with Gasteiger partial charge in [0.2, 0.25) is 0 Å². The van der Waals surface area contributed by atoms with Crippen LogP contribution >= 0.6 is 0 Å². The van der Waals surface area contributed by atoms with Gasteiger partial charge >= 0.3 is 0 Å². The molecule has 5 heteroatoms. The molecule has 1 spiro atoms. The molecule has 0 aliphatic carbocycles. The predicted octanol–water partition coefficient (Wildman–Crippen LogP) is 3.14. The summed E-state index contributed by atoms with van der Waals surface area (Å²) in [5.41, 5.74) is 3.35. The number of rotatable bonds is 3. The number of piperidine rings is 1. The quantitative estimate of drug-likeness (QED) is 0.822. The van der Waals surface area contributed by atoms with Crippen LogP contribution in [0.15, 0.2) is 48.8 Å². The summed E-state index contributed by atoms with van der Waals surface area (Å²) in [5, 5.41) is 0. The molecule has 0 bridgehead atoms. The molecule has 0 N–H and O–H groups in total. The van der Waals surface area contributed by atoms with Crippen molar-refractivity contribution in [3.63, 3.8) is 0 Å². The summed E-state index contributed by atoms with van der Waals surface area (Å²) in [4.78, 5) is 21.6. The Kier molecular flexibility index (Phi) is 5.74. The zero-order valence-corrected chi connectivity index (χ0v) is 16.6. The average molecular weight is 380 g/mol. The van der Waals surface area contributed by atoms with Crippen LogP contribution in [0.3, 0.4) is 0 Å². The van der Waals surface area contributed by atoms with Gasteiger partial charge in [-0.3, -0.25) is 14.7 Å². The van der Waals surface area contributed by atoms with E-state index in [1.54, 1.807) is 0 Å². The first-order valence-corrected chi connectivity index (χ1v) is 10.2. The van der Waals surface area contributed by atoms with Gasteiger partial charge in [-0.25, -0.2) is 0 Å². The molecule has 1 aromatic carbocycles. The van der Waals surface area contributed by atoms with Gasteiger partial charge in [-0.15, -0.1) is 0 Å². The Hall–Kier alpha value is -2.24. The van der Waals surface area contributed by atoms with E-state index in [0.717, 1.165) is 64.3 Å². The fourth-order valence-corrected chi connectivity index (χ4v) is 4.33. The van der Waals surface area contributed by atoms with Crippen LogP contribution in [0, 0.1) is 12.3 Å². The maximum absolute atomic E-state index is 12.8. The monoisotopic (exact) mass is 379 g/mol. The standard InChI is InChI=1S/C23H29N3O2/c1-19-4-6-21(7-5-19)22(27)26-11-8-23(9-12-26)17-25(13-14-28-18-23)16-20-3-2-10-24-15-20/h2-7,10,15H,8-9,11-14,16-18H2,1H3. The van der Waals surface area contributed by atoms with Gasteiger partial charge in [0.05, 0.1) is 13.2 Å². The predicted molar refractivity (Wildman–Crippen MR) is 109 cm³/mol. The number of benzene rings is 1. The van der Waals surface area contributed by atoms with Crippen LogP contribution in [0.4, 0.5) is 0 Å². The van der Waals surface area contributed by atoms with Gasteiger partial charge in [0.15, 0.2) is 0 Å². The third-order valence-electron chi connectivity index (χ3n) is 6.06. The zero-order valence-electron chi connectivity index (χ0n) is 16.6. The lowest BCUT2D eigenvalue weighted by molar-refractivity contribution is 0.0145. The number of aromatic nitrogens is 1. The highest BCUT2D eigenvalue weighted by molar-refractivity contribution is 5.94. The van der Waals surface area contributed by atoms with E-state index < -0.39 is 0 Å². The van der Waals surface area contributed by atoms with Gasteiger partial charge < -0.3 is 9.64 Å². The Morgan fingerprint density at radius 3 is 2.64 bits per heavy atom. The number of amides is 1. The Morgan fingerprint density at radius 1 is 1.14 bits per heavy atom. The second kappa shape index (κ2) is 8.41. The molecule has 5 nitrogen and oxygen atoms in total. The van der Waals surface area contributed by atoms with Crippen molar-refractivity contribution in [2.45, 2.75) is 26.3 Å². The summed E-state index contributed by atoms with van der Waals surface area (Å²) in [6.07, 6.45) is 5.75. The van der Waals surface area contributed by atoms with Gasteiger partial charge in [0.25, 0.3) is 5.91 Å². The number of ether oxygens (including phenoxy) is 1. The van der Waals surface area contributed by atoms with E-state index >= 15 is 0 Å². The molecule has 0 radical (unpaired) electrons. The van der Waals surface area contributed by atoms with Crippen LogP contribution in [0.1, 0.15) is 34.3 Å². The zero-order chi connectivity index (χ0) is 19.4. The molecule has 2 fully saturated rings. The average Bonchev–Trinajstić information content (AvgIpc) is 2.91. The second-order valence-electron chi connectivity index (χ2n) is 8.28. The largest absolute Gasteiger partial charge is 0.379 e. The smallest absolute Gasteiger partial charge is 0.253 e. The topological polar surface area (TPSA) is 45.7 Å². The summed E-state index contributed by atoms with van der Waals surface area (Å²) in [6.45, 7) is 8.09. The number of hydrogen-bond donors (Lipinski definition) is 0.